The molecule has 0 heterocycles. The van der Waals surface area contributed by atoms with E-state index in [0.717, 1.165) is 5.56 Å². The molecule has 0 aliphatic rings. The number of hydrogen-bond acceptors (Lipinski definition) is 4. The Balaban J connectivity index is 2.73. The molecule has 0 aromatic heterocycles. The summed E-state index contributed by atoms with van der Waals surface area (Å²) in [4.78, 5) is 4.96. The van der Waals surface area contributed by atoms with E-state index in [1.165, 1.54) is 0 Å². The fraction of sp³-hybridized carbons (Fsp3) is 0.333. The maximum absolute atomic E-state index is 8.95. The summed E-state index contributed by atoms with van der Waals surface area (Å²) in [7, 11) is 1.98. The minimum atomic E-state index is -1.41. The van der Waals surface area contributed by atoms with Crippen molar-refractivity contribution in [3.05, 3.63) is 29.8 Å². The molecule has 1 aromatic carbocycles. The van der Waals surface area contributed by atoms with Crippen LogP contribution in [0.5, 0.6) is 0 Å². The van der Waals surface area contributed by atoms with Crippen LogP contribution >= 0.6 is 0 Å². The predicted molar refractivity (Wildman–Crippen MR) is 54.7 cm³/mol. The zero-order valence-corrected chi connectivity index (χ0v) is 8.34. The second-order valence-corrected chi connectivity index (χ2v) is 3.09. The lowest BCUT2D eigenvalue weighted by atomic mass is 9.80. The van der Waals surface area contributed by atoms with E-state index in [1.54, 1.807) is 30.4 Å². The van der Waals surface area contributed by atoms with E-state index >= 15 is 0 Å². The summed E-state index contributed by atoms with van der Waals surface area (Å²) in [6.45, 7) is 0.608. The van der Waals surface area contributed by atoms with Crippen molar-refractivity contribution in [1.82, 2.24) is 5.06 Å². The van der Waals surface area contributed by atoms with Crippen molar-refractivity contribution in [1.29, 1.82) is 0 Å². The van der Waals surface area contributed by atoms with Gasteiger partial charge in [0, 0.05) is 13.6 Å². The summed E-state index contributed by atoms with van der Waals surface area (Å²) in [5.41, 5.74) is 1.46. The lowest BCUT2D eigenvalue weighted by Crippen LogP contribution is -2.30. The Labute approximate surface area is 83.8 Å². The molecule has 1 aromatic rings. The van der Waals surface area contributed by atoms with Crippen molar-refractivity contribution >= 4 is 12.6 Å². The Bertz CT molecular complexity index is 293. The Morgan fingerprint density at radius 1 is 1.43 bits per heavy atom. The summed E-state index contributed by atoms with van der Waals surface area (Å²) in [6.07, 6.45) is 0. The first-order valence-electron chi connectivity index (χ1n) is 4.33. The molecular formula is C9H14BNO3. The first kappa shape index (κ1) is 11.2. The van der Waals surface area contributed by atoms with E-state index in [9.17, 15) is 0 Å². The third kappa shape index (κ3) is 3.12. The highest BCUT2D eigenvalue weighted by molar-refractivity contribution is 6.58. The molecule has 5 heteroatoms. The molecule has 0 amide bonds. The minimum absolute atomic E-state index is 0.493. The summed E-state index contributed by atoms with van der Waals surface area (Å²) < 4.78 is 0. The van der Waals surface area contributed by atoms with Gasteiger partial charge in [0.25, 0.3) is 0 Å². The molecule has 0 unspecified atom stereocenters. The van der Waals surface area contributed by atoms with Crippen LogP contribution in [0.2, 0.25) is 0 Å². The van der Waals surface area contributed by atoms with Crippen molar-refractivity contribution in [2.24, 2.45) is 0 Å². The highest BCUT2D eigenvalue weighted by Crippen LogP contribution is 2.01. The Hall–Kier alpha value is -0.875. The van der Waals surface area contributed by atoms with Gasteiger partial charge in [0.2, 0.25) is 0 Å². The second kappa shape index (κ2) is 5.12. The van der Waals surface area contributed by atoms with Gasteiger partial charge in [-0.3, -0.25) is 0 Å². The molecule has 0 fully saturated rings. The Morgan fingerprint density at radius 2 is 2.14 bits per heavy atom. The maximum atomic E-state index is 8.95. The van der Waals surface area contributed by atoms with Crippen LogP contribution in [0.4, 0.5) is 0 Å². The van der Waals surface area contributed by atoms with Crippen LogP contribution in [0, 0.1) is 0 Å². The van der Waals surface area contributed by atoms with Crippen LogP contribution in [-0.2, 0) is 11.4 Å². The molecule has 0 radical (unpaired) electrons. The van der Waals surface area contributed by atoms with E-state index in [1.807, 2.05) is 13.1 Å². The molecule has 0 spiro atoms. The van der Waals surface area contributed by atoms with Crippen LogP contribution in [0.25, 0.3) is 0 Å². The molecule has 0 atom stereocenters. The van der Waals surface area contributed by atoms with Crippen molar-refractivity contribution in [3.63, 3.8) is 0 Å². The normalized spacial score (nSPS) is 10.6. The summed E-state index contributed by atoms with van der Waals surface area (Å²) in [5.74, 6) is 0. The second-order valence-electron chi connectivity index (χ2n) is 3.09. The van der Waals surface area contributed by atoms with Gasteiger partial charge in [-0.2, -0.15) is 5.06 Å². The van der Waals surface area contributed by atoms with E-state index in [2.05, 4.69) is 0 Å². The van der Waals surface area contributed by atoms with Crippen LogP contribution in [-0.4, -0.2) is 36.4 Å². The third-order valence-corrected chi connectivity index (χ3v) is 1.97. The molecule has 0 saturated heterocycles. The van der Waals surface area contributed by atoms with Gasteiger partial charge in [0.05, 0.1) is 7.11 Å². The zero-order chi connectivity index (χ0) is 10.6. The third-order valence-electron chi connectivity index (χ3n) is 1.97. The quantitative estimate of drug-likeness (QED) is 0.495. The van der Waals surface area contributed by atoms with Crippen molar-refractivity contribution in [2.75, 3.05) is 14.2 Å². The van der Waals surface area contributed by atoms with Crippen molar-refractivity contribution in [2.45, 2.75) is 6.54 Å². The topological polar surface area (TPSA) is 52.9 Å². The van der Waals surface area contributed by atoms with Crippen LogP contribution in [0.15, 0.2) is 24.3 Å². The van der Waals surface area contributed by atoms with Crippen LogP contribution in [0.3, 0.4) is 0 Å². The first-order valence-corrected chi connectivity index (χ1v) is 4.33. The zero-order valence-electron chi connectivity index (χ0n) is 8.34. The van der Waals surface area contributed by atoms with Gasteiger partial charge >= 0.3 is 7.12 Å². The fourth-order valence-electron chi connectivity index (χ4n) is 1.17. The van der Waals surface area contributed by atoms with Gasteiger partial charge < -0.3 is 14.9 Å². The van der Waals surface area contributed by atoms with Gasteiger partial charge in [0.15, 0.2) is 0 Å². The molecule has 4 nitrogen and oxygen atoms in total. The smallest absolute Gasteiger partial charge is 0.423 e. The Morgan fingerprint density at radius 3 is 2.71 bits per heavy atom. The van der Waals surface area contributed by atoms with Crippen molar-refractivity contribution in [3.8, 4) is 0 Å². The van der Waals surface area contributed by atoms with Gasteiger partial charge in [-0.15, -0.1) is 0 Å². The summed E-state index contributed by atoms with van der Waals surface area (Å²) >= 11 is 0. The fourth-order valence-corrected chi connectivity index (χ4v) is 1.17. The summed E-state index contributed by atoms with van der Waals surface area (Å²) in [5, 5.41) is 19.6. The van der Waals surface area contributed by atoms with E-state index < -0.39 is 7.12 Å². The SMILES string of the molecule is CON(C)Cc1cccc(B(O)O)c1. The average molecular weight is 195 g/mol. The molecule has 2 N–H and O–H groups in total. The van der Waals surface area contributed by atoms with Gasteiger partial charge in [-0.25, -0.2) is 0 Å². The predicted octanol–water partition coefficient (Wildman–Crippen LogP) is -0.640. The van der Waals surface area contributed by atoms with Crippen LogP contribution < -0.4 is 5.46 Å². The molecule has 0 saturated carbocycles. The van der Waals surface area contributed by atoms with E-state index in [-0.39, 0.29) is 0 Å². The van der Waals surface area contributed by atoms with Gasteiger partial charge in [-0.1, -0.05) is 24.3 Å². The van der Waals surface area contributed by atoms with Gasteiger partial charge in [-0.05, 0) is 11.0 Å². The molecule has 0 aliphatic heterocycles. The Kier molecular flexibility index (Phi) is 4.09. The molecule has 0 bridgehead atoms. The number of benzene rings is 1. The number of rotatable bonds is 4. The lowest BCUT2D eigenvalue weighted by molar-refractivity contribution is -0.116. The summed E-state index contributed by atoms with van der Waals surface area (Å²) in [6, 6.07) is 7.09. The molecule has 0 aliphatic carbocycles. The van der Waals surface area contributed by atoms with E-state index in [4.69, 9.17) is 14.9 Å². The average Bonchev–Trinajstić information content (AvgIpc) is 2.18. The van der Waals surface area contributed by atoms with Crippen LogP contribution in [0.1, 0.15) is 5.56 Å². The minimum Gasteiger partial charge on any atom is -0.423 e. The van der Waals surface area contributed by atoms with Crippen molar-refractivity contribution < 1.29 is 14.9 Å². The monoisotopic (exact) mass is 195 g/mol. The molecule has 1 rings (SSSR count). The molecule has 14 heavy (non-hydrogen) atoms. The highest BCUT2D eigenvalue weighted by atomic mass is 16.7. The van der Waals surface area contributed by atoms with E-state index in [0.29, 0.717) is 12.0 Å². The highest BCUT2D eigenvalue weighted by Gasteiger charge is 2.10. The standard InChI is InChI=1S/C9H14BNO3/c1-11(14-2)7-8-4-3-5-9(6-8)10(12)13/h3-6,12-13H,7H2,1-2H3. The number of nitrogens with zero attached hydrogens (tertiary/aromatic N) is 1. The largest absolute Gasteiger partial charge is 0.488 e. The first-order chi connectivity index (χ1) is 6.63. The molecular weight excluding hydrogens is 181 g/mol. The number of hydroxylamine groups is 2. The number of hydrogen-bond donors (Lipinski definition) is 2. The van der Waals surface area contributed by atoms with Gasteiger partial charge in [0.1, 0.15) is 0 Å². The lowest BCUT2D eigenvalue weighted by Gasteiger charge is -2.13. The molecule has 76 valence electrons. The maximum Gasteiger partial charge on any atom is 0.488 e.